The lowest BCUT2D eigenvalue weighted by Crippen LogP contribution is -2.08. The van der Waals surface area contributed by atoms with E-state index in [1.807, 2.05) is 26.0 Å². The largest absolute Gasteiger partial charge is 0.323 e. The normalized spacial score (nSPS) is 13.1. The van der Waals surface area contributed by atoms with Crippen LogP contribution in [0.4, 0.5) is 0 Å². The van der Waals surface area contributed by atoms with Crippen molar-refractivity contribution in [1.82, 2.24) is 10.2 Å². The van der Waals surface area contributed by atoms with Crippen LogP contribution in [-0.4, -0.2) is 10.2 Å². The number of aryl methyl sites for hydroxylation is 1. The number of nitrogens with zero attached hydrogens (tertiary/aromatic N) is 2. The third kappa shape index (κ3) is 1.51. The molecule has 0 saturated carbocycles. The second-order valence-corrected chi connectivity index (χ2v) is 2.39. The fourth-order valence-electron chi connectivity index (χ4n) is 0.652. The molecule has 0 unspecified atom stereocenters. The topological polar surface area (TPSA) is 51.8 Å². The van der Waals surface area contributed by atoms with Gasteiger partial charge in [-0.25, -0.2) is 0 Å². The molecule has 2 N–H and O–H groups in total. The first-order chi connectivity index (χ1) is 4.70. The van der Waals surface area contributed by atoms with Crippen molar-refractivity contribution in [3.8, 4) is 0 Å². The molecule has 0 amide bonds. The van der Waals surface area contributed by atoms with E-state index in [0.717, 1.165) is 11.4 Å². The van der Waals surface area contributed by atoms with Crippen molar-refractivity contribution in [2.24, 2.45) is 5.73 Å². The minimum Gasteiger partial charge on any atom is -0.323 e. The van der Waals surface area contributed by atoms with E-state index in [1.54, 1.807) is 0 Å². The first-order valence-corrected chi connectivity index (χ1v) is 3.26. The SMILES string of the molecule is Cc1ccc([C@H](C)N)nn1. The zero-order valence-corrected chi connectivity index (χ0v) is 6.20. The molecular weight excluding hydrogens is 126 g/mol. The smallest absolute Gasteiger partial charge is 0.0795 e. The highest BCUT2D eigenvalue weighted by Gasteiger charge is 1.98. The van der Waals surface area contributed by atoms with Gasteiger partial charge in [0.15, 0.2) is 0 Å². The van der Waals surface area contributed by atoms with Gasteiger partial charge in [-0.15, -0.1) is 0 Å². The van der Waals surface area contributed by atoms with Gasteiger partial charge in [-0.05, 0) is 26.0 Å². The van der Waals surface area contributed by atoms with Crippen LogP contribution >= 0.6 is 0 Å². The molecule has 0 radical (unpaired) electrons. The van der Waals surface area contributed by atoms with E-state index in [2.05, 4.69) is 10.2 Å². The maximum absolute atomic E-state index is 5.56. The average Bonchev–Trinajstić information content (AvgIpc) is 1.88. The molecular formula is C7H11N3. The number of nitrogens with two attached hydrogens (primary N) is 1. The fourth-order valence-corrected chi connectivity index (χ4v) is 0.652. The van der Waals surface area contributed by atoms with Crippen molar-refractivity contribution in [2.75, 3.05) is 0 Å². The van der Waals surface area contributed by atoms with Gasteiger partial charge in [0.05, 0.1) is 11.4 Å². The molecule has 1 aromatic rings. The van der Waals surface area contributed by atoms with Crippen LogP contribution in [-0.2, 0) is 0 Å². The summed E-state index contributed by atoms with van der Waals surface area (Å²) in [6.07, 6.45) is 0. The first-order valence-electron chi connectivity index (χ1n) is 3.26. The highest BCUT2D eigenvalue weighted by atomic mass is 15.1. The standard InChI is InChI=1S/C7H11N3/c1-5-3-4-7(6(2)8)10-9-5/h3-4,6H,8H2,1-2H3/t6-/m0/s1. The molecule has 0 bridgehead atoms. The summed E-state index contributed by atoms with van der Waals surface area (Å²) in [6.45, 7) is 3.79. The summed E-state index contributed by atoms with van der Waals surface area (Å²) < 4.78 is 0. The Bertz CT molecular complexity index is 203. The molecule has 0 spiro atoms. The molecule has 3 nitrogen and oxygen atoms in total. The second kappa shape index (κ2) is 2.75. The van der Waals surface area contributed by atoms with Crippen LogP contribution in [0.15, 0.2) is 12.1 Å². The van der Waals surface area contributed by atoms with Crippen molar-refractivity contribution in [3.05, 3.63) is 23.5 Å². The zero-order chi connectivity index (χ0) is 7.56. The van der Waals surface area contributed by atoms with Crippen LogP contribution < -0.4 is 5.73 Å². The molecule has 10 heavy (non-hydrogen) atoms. The Kier molecular flexibility index (Phi) is 1.97. The third-order valence-electron chi connectivity index (χ3n) is 1.29. The number of rotatable bonds is 1. The van der Waals surface area contributed by atoms with Gasteiger partial charge in [0.2, 0.25) is 0 Å². The number of hydrogen-bond donors (Lipinski definition) is 1. The maximum Gasteiger partial charge on any atom is 0.0795 e. The maximum atomic E-state index is 5.56. The zero-order valence-electron chi connectivity index (χ0n) is 6.20. The Morgan fingerprint density at radius 3 is 2.50 bits per heavy atom. The minimum absolute atomic E-state index is 0.0203. The van der Waals surface area contributed by atoms with Crippen LogP contribution in [0.1, 0.15) is 24.4 Å². The summed E-state index contributed by atoms with van der Waals surface area (Å²) in [5.74, 6) is 0. The van der Waals surface area contributed by atoms with E-state index in [9.17, 15) is 0 Å². The van der Waals surface area contributed by atoms with Gasteiger partial charge in [0.1, 0.15) is 0 Å². The van der Waals surface area contributed by atoms with Crippen molar-refractivity contribution >= 4 is 0 Å². The lowest BCUT2D eigenvalue weighted by molar-refractivity contribution is 0.746. The highest BCUT2D eigenvalue weighted by Crippen LogP contribution is 2.03. The first kappa shape index (κ1) is 7.15. The van der Waals surface area contributed by atoms with Crippen molar-refractivity contribution in [1.29, 1.82) is 0 Å². The van der Waals surface area contributed by atoms with Gasteiger partial charge in [-0.3, -0.25) is 0 Å². The number of aromatic nitrogens is 2. The number of hydrogen-bond acceptors (Lipinski definition) is 3. The summed E-state index contributed by atoms with van der Waals surface area (Å²) >= 11 is 0. The van der Waals surface area contributed by atoms with E-state index >= 15 is 0 Å². The summed E-state index contributed by atoms with van der Waals surface area (Å²) in [5.41, 5.74) is 7.32. The predicted molar refractivity (Wildman–Crippen MR) is 39.4 cm³/mol. The highest BCUT2D eigenvalue weighted by molar-refractivity contribution is 5.07. The molecule has 1 atom stereocenters. The molecule has 0 aliphatic heterocycles. The quantitative estimate of drug-likeness (QED) is 0.623. The molecule has 0 aromatic carbocycles. The van der Waals surface area contributed by atoms with Gasteiger partial charge < -0.3 is 5.73 Å². The molecule has 54 valence electrons. The van der Waals surface area contributed by atoms with E-state index in [0.29, 0.717) is 0 Å². The molecule has 1 heterocycles. The van der Waals surface area contributed by atoms with Crippen LogP contribution in [0.3, 0.4) is 0 Å². The summed E-state index contributed by atoms with van der Waals surface area (Å²) in [4.78, 5) is 0. The molecule has 0 fully saturated rings. The lowest BCUT2D eigenvalue weighted by Gasteiger charge is -2.01. The Morgan fingerprint density at radius 1 is 1.40 bits per heavy atom. The summed E-state index contributed by atoms with van der Waals surface area (Å²) in [7, 11) is 0. The molecule has 3 heteroatoms. The average molecular weight is 137 g/mol. The Balaban J connectivity index is 2.89. The summed E-state index contributed by atoms with van der Waals surface area (Å²) in [5, 5.41) is 7.77. The molecule has 0 aliphatic carbocycles. The fraction of sp³-hybridized carbons (Fsp3) is 0.429. The van der Waals surface area contributed by atoms with Gasteiger partial charge in [0, 0.05) is 6.04 Å². The van der Waals surface area contributed by atoms with Crippen molar-refractivity contribution in [2.45, 2.75) is 19.9 Å². The minimum atomic E-state index is -0.0203. The third-order valence-corrected chi connectivity index (χ3v) is 1.29. The van der Waals surface area contributed by atoms with Gasteiger partial charge in [-0.1, -0.05) is 0 Å². The van der Waals surface area contributed by atoms with Gasteiger partial charge in [0.25, 0.3) is 0 Å². The van der Waals surface area contributed by atoms with E-state index in [4.69, 9.17) is 5.73 Å². The van der Waals surface area contributed by atoms with Crippen LogP contribution in [0.2, 0.25) is 0 Å². The van der Waals surface area contributed by atoms with Crippen LogP contribution in [0.5, 0.6) is 0 Å². The summed E-state index contributed by atoms with van der Waals surface area (Å²) in [6, 6.07) is 3.78. The van der Waals surface area contributed by atoms with E-state index < -0.39 is 0 Å². The van der Waals surface area contributed by atoms with E-state index in [-0.39, 0.29) is 6.04 Å². The Labute approximate surface area is 60.3 Å². The predicted octanol–water partition coefficient (Wildman–Crippen LogP) is 0.805. The van der Waals surface area contributed by atoms with Crippen LogP contribution in [0.25, 0.3) is 0 Å². The molecule has 0 saturated heterocycles. The molecule has 1 rings (SSSR count). The molecule has 0 aliphatic rings. The van der Waals surface area contributed by atoms with Crippen LogP contribution in [0, 0.1) is 6.92 Å². The molecule has 1 aromatic heterocycles. The second-order valence-electron chi connectivity index (χ2n) is 2.39. The van der Waals surface area contributed by atoms with Crippen molar-refractivity contribution in [3.63, 3.8) is 0 Å². The van der Waals surface area contributed by atoms with Gasteiger partial charge >= 0.3 is 0 Å². The van der Waals surface area contributed by atoms with Crippen molar-refractivity contribution < 1.29 is 0 Å². The lowest BCUT2D eigenvalue weighted by atomic mass is 10.2. The Hall–Kier alpha value is -0.960. The Morgan fingerprint density at radius 2 is 2.10 bits per heavy atom. The van der Waals surface area contributed by atoms with Gasteiger partial charge in [-0.2, -0.15) is 10.2 Å². The monoisotopic (exact) mass is 137 g/mol. The van der Waals surface area contributed by atoms with E-state index in [1.165, 1.54) is 0 Å².